The molecule has 0 aliphatic carbocycles. The number of rotatable bonds is 5. The second-order valence-corrected chi connectivity index (χ2v) is 3.09. The summed E-state index contributed by atoms with van der Waals surface area (Å²) in [4.78, 5) is 0. The maximum atomic E-state index is 11.9. The molecule has 2 nitrogen and oxygen atoms in total. The molecule has 0 aliphatic heterocycles. The van der Waals surface area contributed by atoms with Gasteiger partial charge in [0.05, 0.1) is 7.11 Å². The third-order valence-corrected chi connectivity index (χ3v) is 2.06. The number of ether oxygens (including phenoxy) is 2. The van der Waals surface area contributed by atoms with Crippen LogP contribution in [0.2, 0.25) is 0 Å². The smallest absolute Gasteiger partial charge is 0.272 e. The lowest BCUT2D eigenvalue weighted by molar-refractivity contribution is 0.0804. The van der Waals surface area contributed by atoms with Gasteiger partial charge >= 0.3 is 0 Å². The van der Waals surface area contributed by atoms with Crippen molar-refractivity contribution in [3.8, 4) is 11.5 Å². The van der Waals surface area contributed by atoms with Crippen LogP contribution in [0, 0.1) is 0 Å². The highest BCUT2D eigenvalue weighted by molar-refractivity contribution is 6.17. The molecule has 0 fully saturated rings. The molecule has 0 amide bonds. The van der Waals surface area contributed by atoms with Gasteiger partial charge in [-0.25, -0.2) is 8.78 Å². The summed E-state index contributed by atoms with van der Waals surface area (Å²) in [5, 5.41) is 0. The molecular formula is C10H11ClF2O2. The summed E-state index contributed by atoms with van der Waals surface area (Å²) in [6, 6.07) is 4.93. The molecule has 0 bridgehead atoms. The van der Waals surface area contributed by atoms with Crippen LogP contribution in [0.15, 0.2) is 18.2 Å². The van der Waals surface area contributed by atoms with E-state index >= 15 is 0 Å². The van der Waals surface area contributed by atoms with E-state index in [1.807, 2.05) is 0 Å². The van der Waals surface area contributed by atoms with Crippen molar-refractivity contribution in [3.05, 3.63) is 23.8 Å². The van der Waals surface area contributed by atoms with Crippen LogP contribution in [0.25, 0.3) is 0 Å². The number of hydrogen-bond donors (Lipinski definition) is 0. The Bertz CT molecular complexity index is 318. The average Bonchev–Trinajstić information content (AvgIpc) is 2.25. The Morgan fingerprint density at radius 3 is 2.60 bits per heavy atom. The molecule has 1 rings (SSSR count). The van der Waals surface area contributed by atoms with Crippen molar-refractivity contribution in [2.24, 2.45) is 0 Å². The van der Waals surface area contributed by atoms with Crippen LogP contribution < -0.4 is 9.47 Å². The lowest BCUT2D eigenvalue weighted by Gasteiger charge is -2.10. The van der Waals surface area contributed by atoms with Crippen LogP contribution >= 0.6 is 11.6 Å². The maximum Gasteiger partial charge on any atom is 0.272 e. The van der Waals surface area contributed by atoms with Crippen LogP contribution in [0.3, 0.4) is 0 Å². The standard InChI is InChI=1S/C10H11ClF2O2/c1-14-9-4-7(5-11)2-3-8(9)15-6-10(12)13/h2-4,10H,5-6H2,1H3. The Labute approximate surface area is 91.8 Å². The molecule has 15 heavy (non-hydrogen) atoms. The summed E-state index contributed by atoms with van der Waals surface area (Å²) in [5.74, 6) is 1.05. The van der Waals surface area contributed by atoms with Crippen molar-refractivity contribution < 1.29 is 18.3 Å². The van der Waals surface area contributed by atoms with Crippen LogP contribution in [0.4, 0.5) is 8.78 Å². The van der Waals surface area contributed by atoms with E-state index in [4.69, 9.17) is 21.1 Å². The molecule has 0 unspecified atom stereocenters. The maximum absolute atomic E-state index is 11.9. The molecule has 1 aromatic rings. The molecule has 0 aromatic heterocycles. The average molecular weight is 237 g/mol. The Balaban J connectivity index is 2.78. The predicted molar refractivity (Wildman–Crippen MR) is 54.1 cm³/mol. The minimum Gasteiger partial charge on any atom is -0.493 e. The van der Waals surface area contributed by atoms with Gasteiger partial charge in [-0.15, -0.1) is 11.6 Å². The number of methoxy groups -OCH3 is 1. The Hall–Kier alpha value is -1.03. The number of halogens is 3. The fourth-order valence-corrected chi connectivity index (χ4v) is 1.23. The van der Waals surface area contributed by atoms with Crippen LogP contribution in [0.1, 0.15) is 5.56 Å². The van der Waals surface area contributed by atoms with E-state index in [0.29, 0.717) is 17.4 Å². The predicted octanol–water partition coefficient (Wildman–Crippen LogP) is 3.08. The molecule has 1 aromatic carbocycles. The van der Waals surface area contributed by atoms with Crippen molar-refractivity contribution in [1.29, 1.82) is 0 Å². The molecule has 84 valence electrons. The second kappa shape index (κ2) is 5.75. The largest absolute Gasteiger partial charge is 0.493 e. The summed E-state index contributed by atoms with van der Waals surface area (Å²) in [5.41, 5.74) is 0.845. The van der Waals surface area contributed by atoms with Crippen molar-refractivity contribution in [2.45, 2.75) is 12.3 Å². The second-order valence-electron chi connectivity index (χ2n) is 2.82. The van der Waals surface area contributed by atoms with Crippen molar-refractivity contribution in [1.82, 2.24) is 0 Å². The number of alkyl halides is 3. The summed E-state index contributed by atoms with van der Waals surface area (Å²) >= 11 is 5.62. The van der Waals surface area contributed by atoms with E-state index in [1.54, 1.807) is 18.2 Å². The van der Waals surface area contributed by atoms with E-state index in [2.05, 4.69) is 0 Å². The first-order valence-electron chi connectivity index (χ1n) is 4.31. The van der Waals surface area contributed by atoms with Gasteiger partial charge in [-0.1, -0.05) is 6.07 Å². The fraction of sp³-hybridized carbons (Fsp3) is 0.400. The van der Waals surface area contributed by atoms with Crippen LogP contribution in [0.5, 0.6) is 11.5 Å². The topological polar surface area (TPSA) is 18.5 Å². The molecule has 0 spiro atoms. The van der Waals surface area contributed by atoms with Gasteiger partial charge in [0.1, 0.15) is 6.61 Å². The molecule has 0 aliphatic rings. The third kappa shape index (κ3) is 3.55. The van der Waals surface area contributed by atoms with Crippen LogP contribution in [-0.2, 0) is 5.88 Å². The van der Waals surface area contributed by atoms with Gasteiger partial charge in [0.2, 0.25) is 0 Å². The van der Waals surface area contributed by atoms with Gasteiger partial charge in [-0.3, -0.25) is 0 Å². The van der Waals surface area contributed by atoms with Gasteiger partial charge in [0.15, 0.2) is 11.5 Å². The van der Waals surface area contributed by atoms with Gasteiger partial charge in [0, 0.05) is 5.88 Å². The quantitative estimate of drug-likeness (QED) is 0.732. The van der Waals surface area contributed by atoms with E-state index in [-0.39, 0.29) is 0 Å². The lowest BCUT2D eigenvalue weighted by atomic mass is 10.2. The minimum atomic E-state index is -2.50. The highest BCUT2D eigenvalue weighted by atomic mass is 35.5. The van der Waals surface area contributed by atoms with Crippen LogP contribution in [-0.4, -0.2) is 20.1 Å². The Morgan fingerprint density at radius 2 is 2.07 bits per heavy atom. The zero-order chi connectivity index (χ0) is 11.3. The normalized spacial score (nSPS) is 10.5. The highest BCUT2D eigenvalue weighted by Gasteiger charge is 2.08. The third-order valence-electron chi connectivity index (χ3n) is 1.75. The molecule has 0 atom stereocenters. The minimum absolute atomic E-state index is 0.298. The van der Waals surface area contributed by atoms with Crippen molar-refractivity contribution in [3.63, 3.8) is 0 Å². The lowest BCUT2D eigenvalue weighted by Crippen LogP contribution is -2.07. The molecule has 5 heteroatoms. The summed E-state index contributed by atoms with van der Waals surface area (Å²) < 4.78 is 33.7. The van der Waals surface area contributed by atoms with E-state index in [0.717, 1.165) is 5.56 Å². The molecule has 0 heterocycles. The first-order valence-corrected chi connectivity index (χ1v) is 4.84. The molecular weight excluding hydrogens is 226 g/mol. The van der Waals surface area contributed by atoms with Gasteiger partial charge in [0.25, 0.3) is 6.43 Å². The molecule has 0 saturated heterocycles. The molecule has 0 saturated carbocycles. The first-order chi connectivity index (χ1) is 7.17. The summed E-state index contributed by atoms with van der Waals surface area (Å²) in [6.45, 7) is -0.642. The van der Waals surface area contributed by atoms with E-state index in [9.17, 15) is 8.78 Å². The zero-order valence-corrected chi connectivity index (χ0v) is 8.93. The first kappa shape index (κ1) is 12.0. The summed E-state index contributed by atoms with van der Waals surface area (Å²) in [7, 11) is 1.45. The molecule has 0 radical (unpaired) electrons. The Kier molecular flexibility index (Phi) is 4.62. The van der Waals surface area contributed by atoms with Gasteiger partial charge in [-0.05, 0) is 17.7 Å². The van der Waals surface area contributed by atoms with Gasteiger partial charge < -0.3 is 9.47 Å². The Morgan fingerprint density at radius 1 is 1.33 bits per heavy atom. The fourth-order valence-electron chi connectivity index (χ4n) is 1.07. The van der Waals surface area contributed by atoms with Crippen molar-refractivity contribution in [2.75, 3.05) is 13.7 Å². The highest BCUT2D eigenvalue weighted by Crippen LogP contribution is 2.28. The number of hydrogen-bond acceptors (Lipinski definition) is 2. The number of benzene rings is 1. The summed E-state index contributed by atoms with van der Waals surface area (Å²) in [6.07, 6.45) is -2.50. The molecule has 0 N–H and O–H groups in total. The monoisotopic (exact) mass is 236 g/mol. The van der Waals surface area contributed by atoms with Gasteiger partial charge in [-0.2, -0.15) is 0 Å². The van der Waals surface area contributed by atoms with Crippen molar-refractivity contribution >= 4 is 11.6 Å². The van der Waals surface area contributed by atoms with E-state index < -0.39 is 13.0 Å². The SMILES string of the molecule is COc1cc(CCl)ccc1OCC(F)F. The van der Waals surface area contributed by atoms with E-state index in [1.165, 1.54) is 7.11 Å². The zero-order valence-electron chi connectivity index (χ0n) is 8.17.